The molecule has 0 radical (unpaired) electrons. The predicted molar refractivity (Wildman–Crippen MR) is 171 cm³/mol. The van der Waals surface area contributed by atoms with Gasteiger partial charge in [-0.15, -0.1) is 0 Å². The first kappa shape index (κ1) is 33.0. The Kier molecular flexibility index (Phi) is 9.12. The van der Waals surface area contributed by atoms with E-state index in [0.29, 0.717) is 26.0 Å². The van der Waals surface area contributed by atoms with Gasteiger partial charge >= 0.3 is 6.18 Å². The summed E-state index contributed by atoms with van der Waals surface area (Å²) < 4.78 is 55.2. The van der Waals surface area contributed by atoms with Crippen LogP contribution in [0.4, 0.5) is 13.2 Å². The second-order valence-corrected chi connectivity index (χ2v) is 19.5. The van der Waals surface area contributed by atoms with Gasteiger partial charge in [-0.05, 0) is 44.7 Å². The molecule has 0 bridgehead atoms. The average molecular weight is 668 g/mol. The van der Waals surface area contributed by atoms with Crippen LogP contribution in [0, 0.1) is 18.3 Å². The minimum absolute atomic E-state index is 0.0437. The van der Waals surface area contributed by atoms with E-state index in [4.69, 9.17) is 14.6 Å². The highest BCUT2D eigenvalue weighted by molar-refractivity contribution is 6.76. The van der Waals surface area contributed by atoms with Crippen LogP contribution in [0.2, 0.25) is 25.7 Å². The first-order valence-electron chi connectivity index (χ1n) is 16.0. The lowest BCUT2D eigenvalue weighted by atomic mass is 9.69. The third-order valence-corrected chi connectivity index (χ3v) is 10.8. The van der Waals surface area contributed by atoms with Crippen molar-refractivity contribution in [2.75, 3.05) is 19.7 Å². The number of piperidine rings is 1. The molecule has 1 aliphatic heterocycles. The van der Waals surface area contributed by atoms with Crippen molar-refractivity contribution in [2.24, 2.45) is 0 Å². The number of nitrogens with zero attached hydrogens (tertiary/aromatic N) is 9. The molecule has 11 nitrogen and oxygen atoms in total. The molecule has 5 heterocycles. The van der Waals surface area contributed by atoms with Gasteiger partial charge in [0.05, 0.1) is 29.9 Å². The van der Waals surface area contributed by atoms with Gasteiger partial charge in [0.1, 0.15) is 24.8 Å². The summed E-state index contributed by atoms with van der Waals surface area (Å²) in [6.45, 7) is 11.1. The Hall–Kier alpha value is -3.87. The summed E-state index contributed by atoms with van der Waals surface area (Å²) >= 11 is 0. The molecule has 0 aromatic carbocycles. The number of fused-ring (bicyclic) bond motifs is 1. The zero-order valence-corrected chi connectivity index (χ0v) is 28.2. The average Bonchev–Trinajstić information content (AvgIpc) is 3.64. The van der Waals surface area contributed by atoms with E-state index in [1.165, 1.54) is 13.0 Å². The van der Waals surface area contributed by atoms with Gasteiger partial charge in [-0.1, -0.05) is 19.6 Å². The maximum atomic E-state index is 13.2. The summed E-state index contributed by atoms with van der Waals surface area (Å²) in [5.41, 5.74) is 2.25. The third kappa shape index (κ3) is 7.34. The van der Waals surface area contributed by atoms with E-state index in [9.17, 15) is 18.4 Å². The smallest absolute Gasteiger partial charge is 0.451 e. The van der Waals surface area contributed by atoms with Crippen LogP contribution in [0.25, 0.3) is 22.3 Å². The Labute approximate surface area is 272 Å². The van der Waals surface area contributed by atoms with Gasteiger partial charge in [-0.2, -0.15) is 28.5 Å². The van der Waals surface area contributed by atoms with Gasteiger partial charge in [0.15, 0.2) is 0 Å². The van der Waals surface area contributed by atoms with E-state index in [1.54, 1.807) is 12.5 Å². The number of rotatable bonds is 11. The van der Waals surface area contributed by atoms with Crippen molar-refractivity contribution in [1.82, 2.24) is 39.2 Å². The molecule has 0 spiro atoms. The molecule has 1 aliphatic carbocycles. The molecule has 250 valence electrons. The molecule has 4 aromatic heterocycles. The standard InChI is InChI=1S/C32H40F3N9O2Si/c1-22-15-27(41-30(40-22)32(33,34)35)46-25-5-10-42(11-6-25)24-16-31(17-24,8-9-36)44-19-23(18-39-44)28-26-7-12-43(29(26)38-20-37-28)21-45-13-14-47(2,3)4/h7,12,15,18-20,24-25H,5-6,8,10-11,13-14,16-17,21H2,1-4H3/t24-,31+. The van der Waals surface area contributed by atoms with E-state index >= 15 is 0 Å². The Balaban J connectivity index is 1.08. The van der Waals surface area contributed by atoms with Crippen LogP contribution in [-0.2, 0) is 23.2 Å². The molecule has 1 saturated heterocycles. The zero-order valence-electron chi connectivity index (χ0n) is 27.2. The quantitative estimate of drug-likeness (QED) is 0.139. The topological polar surface area (TPSA) is 120 Å². The van der Waals surface area contributed by atoms with E-state index < -0.39 is 25.6 Å². The molecule has 1 saturated carbocycles. The summed E-state index contributed by atoms with van der Waals surface area (Å²) in [5, 5.41) is 15.4. The molecule has 6 rings (SSSR count). The van der Waals surface area contributed by atoms with Crippen molar-refractivity contribution < 1.29 is 22.6 Å². The van der Waals surface area contributed by atoms with Gasteiger partial charge in [0, 0.05) is 68.9 Å². The van der Waals surface area contributed by atoms with Crippen molar-refractivity contribution in [3.05, 3.63) is 48.6 Å². The fraction of sp³-hybridized carbons (Fsp3) is 0.562. The van der Waals surface area contributed by atoms with Gasteiger partial charge in [-0.25, -0.2) is 15.0 Å². The Morgan fingerprint density at radius 1 is 1.13 bits per heavy atom. The highest BCUT2D eigenvalue weighted by Crippen LogP contribution is 2.45. The molecular formula is C32H40F3N9O2Si. The fourth-order valence-corrected chi connectivity index (χ4v) is 7.23. The van der Waals surface area contributed by atoms with Gasteiger partial charge < -0.3 is 14.0 Å². The lowest BCUT2D eigenvalue weighted by molar-refractivity contribution is -0.145. The molecule has 2 aliphatic rings. The lowest BCUT2D eigenvalue weighted by Gasteiger charge is -2.52. The number of nitriles is 1. The van der Waals surface area contributed by atoms with Crippen molar-refractivity contribution >= 4 is 19.1 Å². The minimum Gasteiger partial charge on any atom is -0.474 e. The molecule has 0 N–H and O–H groups in total. The first-order valence-corrected chi connectivity index (χ1v) is 19.7. The van der Waals surface area contributed by atoms with Crippen LogP contribution >= 0.6 is 0 Å². The number of likely N-dealkylation sites (tertiary alicyclic amines) is 1. The molecule has 15 heteroatoms. The molecule has 4 aromatic rings. The van der Waals surface area contributed by atoms with Crippen molar-refractivity contribution in [3.8, 4) is 23.2 Å². The van der Waals surface area contributed by atoms with Gasteiger partial charge in [0.25, 0.3) is 0 Å². The lowest BCUT2D eigenvalue weighted by Crippen LogP contribution is -2.58. The number of aromatic nitrogens is 7. The van der Waals surface area contributed by atoms with Crippen LogP contribution in [-0.4, -0.2) is 79.1 Å². The summed E-state index contributed by atoms with van der Waals surface area (Å²) in [7, 11) is -1.17. The number of ether oxygens (including phenoxy) is 2. The maximum absolute atomic E-state index is 13.2. The van der Waals surface area contributed by atoms with E-state index in [2.05, 4.69) is 50.5 Å². The highest BCUT2D eigenvalue weighted by Gasteiger charge is 2.49. The Morgan fingerprint density at radius 2 is 1.89 bits per heavy atom. The van der Waals surface area contributed by atoms with Crippen molar-refractivity contribution in [1.29, 1.82) is 5.26 Å². The van der Waals surface area contributed by atoms with Crippen LogP contribution in [0.1, 0.15) is 43.6 Å². The number of hydrogen-bond donors (Lipinski definition) is 0. The predicted octanol–water partition coefficient (Wildman–Crippen LogP) is 6.04. The van der Waals surface area contributed by atoms with Crippen LogP contribution in [0.5, 0.6) is 5.88 Å². The van der Waals surface area contributed by atoms with Gasteiger partial charge in [-0.3, -0.25) is 9.58 Å². The molecular weight excluding hydrogens is 627 g/mol. The molecule has 0 atom stereocenters. The number of aryl methyl sites for hydroxylation is 1. The van der Waals surface area contributed by atoms with Crippen LogP contribution < -0.4 is 4.74 Å². The number of halogens is 3. The minimum atomic E-state index is -4.63. The fourth-order valence-electron chi connectivity index (χ4n) is 6.48. The molecule has 0 amide bonds. The van der Waals surface area contributed by atoms with Crippen LogP contribution in [0.15, 0.2) is 37.1 Å². The number of alkyl halides is 3. The third-order valence-electron chi connectivity index (χ3n) is 9.13. The zero-order chi connectivity index (χ0) is 33.4. The van der Waals surface area contributed by atoms with Crippen molar-refractivity contribution in [3.63, 3.8) is 0 Å². The summed E-state index contributed by atoms with van der Waals surface area (Å²) in [6.07, 6.45) is 5.69. The van der Waals surface area contributed by atoms with Gasteiger partial charge in [0.2, 0.25) is 11.7 Å². The normalized spacial score (nSPS) is 21.1. The first-order chi connectivity index (χ1) is 22.3. The largest absolute Gasteiger partial charge is 0.474 e. The summed E-state index contributed by atoms with van der Waals surface area (Å²) in [6, 6.07) is 7.19. The highest BCUT2D eigenvalue weighted by atomic mass is 28.3. The SMILES string of the molecule is Cc1cc(OC2CCN([C@H]3C[C@@](CC#N)(n4cc(-c5ncnc6c5ccn6COCC[Si](C)(C)C)cn4)C3)CC2)nc(C(F)(F)F)n1. The summed E-state index contributed by atoms with van der Waals surface area (Å²) in [5.74, 6) is -1.23. The summed E-state index contributed by atoms with van der Waals surface area (Å²) in [4.78, 5) is 18.6. The second-order valence-electron chi connectivity index (χ2n) is 13.9. The molecule has 0 unspecified atom stereocenters. The molecule has 2 fully saturated rings. The maximum Gasteiger partial charge on any atom is 0.451 e. The Bertz CT molecular complexity index is 1750. The van der Waals surface area contributed by atoms with Crippen LogP contribution in [0.3, 0.4) is 0 Å². The monoisotopic (exact) mass is 667 g/mol. The van der Waals surface area contributed by atoms with E-state index in [-0.39, 0.29) is 23.7 Å². The van der Waals surface area contributed by atoms with E-state index in [1.807, 2.05) is 27.7 Å². The molecule has 47 heavy (non-hydrogen) atoms. The van der Waals surface area contributed by atoms with Crippen molar-refractivity contribution in [2.45, 2.75) is 95.3 Å². The second kappa shape index (κ2) is 13.0. The Morgan fingerprint density at radius 3 is 2.60 bits per heavy atom. The number of hydrogen-bond acceptors (Lipinski definition) is 9. The van der Waals surface area contributed by atoms with E-state index in [0.717, 1.165) is 60.9 Å².